The summed E-state index contributed by atoms with van der Waals surface area (Å²) in [5, 5.41) is 14.2. The molecule has 5 heteroatoms. The van der Waals surface area contributed by atoms with E-state index in [0.717, 1.165) is 0 Å². The maximum absolute atomic E-state index is 11.6. The summed E-state index contributed by atoms with van der Waals surface area (Å²) in [6, 6.07) is 0. The number of nitrogens with one attached hydrogen (secondary N) is 2. The molecular formula is C11H22N2O3. The van der Waals surface area contributed by atoms with Crippen LogP contribution in [0.3, 0.4) is 0 Å². The molecule has 0 spiro atoms. The predicted octanol–water partition coefficient (Wildman–Crippen LogP) is 0.601. The Morgan fingerprint density at radius 2 is 1.94 bits per heavy atom. The summed E-state index contributed by atoms with van der Waals surface area (Å²) in [7, 11) is 1.73. The van der Waals surface area contributed by atoms with Crippen LogP contribution in [0, 0.1) is 5.92 Å². The molecule has 1 atom stereocenters. The van der Waals surface area contributed by atoms with Gasteiger partial charge in [-0.3, -0.25) is 9.59 Å². The predicted molar refractivity (Wildman–Crippen MR) is 62.2 cm³/mol. The van der Waals surface area contributed by atoms with Crippen molar-refractivity contribution in [1.82, 2.24) is 10.6 Å². The van der Waals surface area contributed by atoms with Crippen LogP contribution in [0.2, 0.25) is 0 Å². The van der Waals surface area contributed by atoms with Crippen molar-refractivity contribution in [1.29, 1.82) is 0 Å². The number of amides is 1. The first-order valence-corrected chi connectivity index (χ1v) is 5.48. The van der Waals surface area contributed by atoms with Crippen molar-refractivity contribution in [3.63, 3.8) is 0 Å². The highest BCUT2D eigenvalue weighted by Crippen LogP contribution is 2.05. The normalized spacial score (nSPS) is 13.2. The molecule has 1 amide bonds. The van der Waals surface area contributed by atoms with E-state index < -0.39 is 11.5 Å². The van der Waals surface area contributed by atoms with Crippen molar-refractivity contribution in [2.45, 2.75) is 39.2 Å². The molecular weight excluding hydrogens is 208 g/mol. The molecule has 0 bridgehead atoms. The van der Waals surface area contributed by atoms with Crippen LogP contribution in [-0.4, -0.2) is 36.1 Å². The first-order chi connectivity index (χ1) is 7.29. The molecule has 0 saturated carbocycles. The Kier molecular flexibility index (Phi) is 6.03. The van der Waals surface area contributed by atoms with Gasteiger partial charge in [-0.2, -0.15) is 0 Å². The van der Waals surface area contributed by atoms with E-state index >= 15 is 0 Å². The zero-order valence-electron chi connectivity index (χ0n) is 10.5. The summed E-state index contributed by atoms with van der Waals surface area (Å²) in [5.74, 6) is -0.696. The third-order valence-corrected chi connectivity index (χ3v) is 2.65. The molecule has 0 aliphatic heterocycles. The Hall–Kier alpha value is -1.10. The zero-order chi connectivity index (χ0) is 12.8. The highest BCUT2D eigenvalue weighted by atomic mass is 16.4. The van der Waals surface area contributed by atoms with Gasteiger partial charge in [0.05, 0.1) is 5.54 Å². The fourth-order valence-corrected chi connectivity index (χ4v) is 1.07. The highest BCUT2D eigenvalue weighted by Gasteiger charge is 2.24. The van der Waals surface area contributed by atoms with Gasteiger partial charge in [0.25, 0.3) is 0 Å². The quantitative estimate of drug-likeness (QED) is 0.598. The number of carboxylic acids is 1. The molecule has 0 aromatic rings. The van der Waals surface area contributed by atoms with Gasteiger partial charge in [-0.1, -0.05) is 6.92 Å². The Balaban J connectivity index is 3.88. The Bertz CT molecular complexity index is 252. The molecule has 0 rings (SSSR count). The topological polar surface area (TPSA) is 78.4 Å². The third-order valence-electron chi connectivity index (χ3n) is 2.65. The van der Waals surface area contributed by atoms with Gasteiger partial charge in [-0.05, 0) is 33.2 Å². The average Bonchev–Trinajstić information content (AvgIpc) is 2.22. The van der Waals surface area contributed by atoms with E-state index in [1.54, 1.807) is 20.9 Å². The number of likely N-dealkylation sites (N-methyl/N-ethyl adjacent to an activating group) is 1. The van der Waals surface area contributed by atoms with E-state index in [4.69, 9.17) is 5.11 Å². The first-order valence-electron chi connectivity index (χ1n) is 5.48. The minimum Gasteiger partial charge on any atom is -0.481 e. The highest BCUT2D eigenvalue weighted by molar-refractivity contribution is 5.85. The largest absolute Gasteiger partial charge is 0.481 e. The summed E-state index contributed by atoms with van der Waals surface area (Å²) >= 11 is 0. The van der Waals surface area contributed by atoms with Crippen LogP contribution in [0.5, 0.6) is 0 Å². The number of carboxylic acid groups (broad SMARTS) is 1. The number of hydrogen-bond acceptors (Lipinski definition) is 3. The summed E-state index contributed by atoms with van der Waals surface area (Å²) < 4.78 is 0. The van der Waals surface area contributed by atoms with Crippen molar-refractivity contribution < 1.29 is 14.7 Å². The van der Waals surface area contributed by atoms with Crippen LogP contribution in [0.25, 0.3) is 0 Å². The van der Waals surface area contributed by atoms with Crippen molar-refractivity contribution >= 4 is 11.9 Å². The fourth-order valence-electron chi connectivity index (χ4n) is 1.07. The summed E-state index contributed by atoms with van der Waals surface area (Å²) in [6.45, 7) is 6.03. The average molecular weight is 230 g/mol. The van der Waals surface area contributed by atoms with E-state index in [2.05, 4.69) is 10.6 Å². The Morgan fingerprint density at radius 1 is 1.38 bits per heavy atom. The SMILES string of the molecule is CNC(C)(C)C(=O)NCC(C)CCC(=O)O. The minimum atomic E-state index is -0.797. The standard InChI is InChI=1S/C11H22N2O3/c1-8(5-6-9(14)15)7-13-10(16)11(2,3)12-4/h8,12H,5-7H2,1-4H3,(H,13,16)(H,14,15). The lowest BCUT2D eigenvalue weighted by Crippen LogP contribution is -2.51. The van der Waals surface area contributed by atoms with Crippen LogP contribution in [0.1, 0.15) is 33.6 Å². The van der Waals surface area contributed by atoms with Crippen molar-refractivity contribution in [2.24, 2.45) is 5.92 Å². The Labute approximate surface area is 96.6 Å². The number of hydrogen-bond donors (Lipinski definition) is 3. The monoisotopic (exact) mass is 230 g/mol. The van der Waals surface area contributed by atoms with Crippen molar-refractivity contribution in [3.8, 4) is 0 Å². The molecule has 0 heterocycles. The van der Waals surface area contributed by atoms with Gasteiger partial charge >= 0.3 is 5.97 Å². The third kappa shape index (κ3) is 5.70. The second-order valence-corrected chi connectivity index (χ2v) is 4.62. The Morgan fingerprint density at radius 3 is 2.38 bits per heavy atom. The van der Waals surface area contributed by atoms with E-state index in [1.807, 2.05) is 6.92 Å². The molecule has 0 radical (unpaired) electrons. The van der Waals surface area contributed by atoms with Crippen LogP contribution < -0.4 is 10.6 Å². The van der Waals surface area contributed by atoms with Crippen LogP contribution in [0.4, 0.5) is 0 Å². The first kappa shape index (κ1) is 14.9. The molecule has 3 N–H and O–H groups in total. The van der Waals surface area contributed by atoms with Gasteiger partial charge < -0.3 is 15.7 Å². The van der Waals surface area contributed by atoms with E-state index in [0.29, 0.717) is 13.0 Å². The molecule has 1 unspecified atom stereocenters. The number of aliphatic carboxylic acids is 1. The maximum atomic E-state index is 11.6. The molecule has 5 nitrogen and oxygen atoms in total. The molecule has 0 saturated heterocycles. The maximum Gasteiger partial charge on any atom is 0.303 e. The van der Waals surface area contributed by atoms with E-state index in [-0.39, 0.29) is 18.2 Å². The van der Waals surface area contributed by atoms with Crippen LogP contribution in [-0.2, 0) is 9.59 Å². The number of carbonyl (C=O) groups excluding carboxylic acids is 1. The van der Waals surface area contributed by atoms with E-state index in [9.17, 15) is 9.59 Å². The van der Waals surface area contributed by atoms with Gasteiger partial charge in [0.15, 0.2) is 0 Å². The van der Waals surface area contributed by atoms with Crippen molar-refractivity contribution in [3.05, 3.63) is 0 Å². The van der Waals surface area contributed by atoms with Gasteiger partial charge in [-0.25, -0.2) is 0 Å². The lowest BCUT2D eigenvalue weighted by molar-refractivity contribution is -0.137. The molecule has 0 fully saturated rings. The number of carbonyl (C=O) groups is 2. The molecule has 16 heavy (non-hydrogen) atoms. The second kappa shape index (κ2) is 6.48. The minimum absolute atomic E-state index is 0.0721. The second-order valence-electron chi connectivity index (χ2n) is 4.62. The molecule has 0 aromatic heterocycles. The van der Waals surface area contributed by atoms with Gasteiger partial charge in [-0.15, -0.1) is 0 Å². The lowest BCUT2D eigenvalue weighted by atomic mass is 10.0. The zero-order valence-corrected chi connectivity index (χ0v) is 10.5. The van der Waals surface area contributed by atoms with Gasteiger partial charge in [0.2, 0.25) is 5.91 Å². The molecule has 0 aromatic carbocycles. The van der Waals surface area contributed by atoms with E-state index in [1.165, 1.54) is 0 Å². The summed E-state index contributed by atoms with van der Waals surface area (Å²) in [5.41, 5.74) is -0.591. The van der Waals surface area contributed by atoms with Gasteiger partial charge in [0.1, 0.15) is 0 Å². The summed E-state index contributed by atoms with van der Waals surface area (Å²) in [4.78, 5) is 22.0. The van der Waals surface area contributed by atoms with Crippen LogP contribution >= 0.6 is 0 Å². The molecule has 0 aliphatic carbocycles. The van der Waals surface area contributed by atoms with Gasteiger partial charge in [0, 0.05) is 13.0 Å². The lowest BCUT2D eigenvalue weighted by Gasteiger charge is -2.23. The smallest absolute Gasteiger partial charge is 0.303 e. The summed E-state index contributed by atoms with van der Waals surface area (Å²) in [6.07, 6.45) is 0.724. The molecule has 0 aliphatic rings. The van der Waals surface area contributed by atoms with Crippen LogP contribution in [0.15, 0.2) is 0 Å². The fraction of sp³-hybridized carbons (Fsp3) is 0.818. The molecule has 94 valence electrons. The number of rotatable bonds is 7. The van der Waals surface area contributed by atoms with Crippen molar-refractivity contribution in [2.75, 3.05) is 13.6 Å².